The van der Waals surface area contributed by atoms with E-state index in [1.54, 1.807) is 12.1 Å². The summed E-state index contributed by atoms with van der Waals surface area (Å²) in [6.07, 6.45) is 2.93. The van der Waals surface area contributed by atoms with Crippen LogP contribution in [-0.2, 0) is 6.42 Å². The largest absolute Gasteiger partial charge is 0.393 e. The van der Waals surface area contributed by atoms with Crippen molar-refractivity contribution in [3.05, 3.63) is 38.9 Å². The normalized spacial score (nSPS) is 26.0. The van der Waals surface area contributed by atoms with E-state index in [1.165, 1.54) is 6.07 Å². The molecule has 0 aromatic heterocycles. The Morgan fingerprint density at radius 1 is 1.43 bits per heavy atom. The highest BCUT2D eigenvalue weighted by Crippen LogP contribution is 2.37. The Morgan fingerprint density at radius 3 is 2.76 bits per heavy atom. The minimum absolute atomic E-state index is 0.0568. The summed E-state index contributed by atoms with van der Waals surface area (Å²) in [4.78, 5) is 10.8. The number of aliphatic hydroxyl groups excluding tert-OH is 1. The van der Waals surface area contributed by atoms with Gasteiger partial charge in [-0.25, -0.2) is 0 Å². The van der Waals surface area contributed by atoms with Crippen LogP contribution in [0.5, 0.6) is 0 Å². The zero-order valence-electron chi connectivity index (χ0n) is 12.5. The monoisotopic (exact) mass is 311 g/mol. The smallest absolute Gasteiger partial charge is 0.274 e. The minimum Gasteiger partial charge on any atom is -0.393 e. The van der Waals surface area contributed by atoms with Gasteiger partial charge in [-0.2, -0.15) is 0 Å². The Hall–Kier alpha value is -1.13. The molecule has 0 heterocycles. The third-order valence-electron chi connectivity index (χ3n) is 4.65. The van der Waals surface area contributed by atoms with E-state index in [-0.39, 0.29) is 17.7 Å². The van der Waals surface area contributed by atoms with Gasteiger partial charge in [0.1, 0.15) is 0 Å². The number of aliphatic hydroxyl groups is 1. The van der Waals surface area contributed by atoms with Gasteiger partial charge in [0.05, 0.1) is 11.0 Å². The quantitative estimate of drug-likeness (QED) is 0.668. The van der Waals surface area contributed by atoms with Crippen molar-refractivity contribution in [1.29, 1.82) is 0 Å². The summed E-state index contributed by atoms with van der Waals surface area (Å²) in [5.74, 6) is 1.26. The molecule has 1 aliphatic rings. The first kappa shape index (κ1) is 16.2. The molecule has 1 aliphatic carbocycles. The molecule has 1 saturated carbocycles. The van der Waals surface area contributed by atoms with Gasteiger partial charge in [-0.1, -0.05) is 31.5 Å². The first-order chi connectivity index (χ1) is 9.88. The third-order valence-corrected chi connectivity index (χ3v) is 4.89. The van der Waals surface area contributed by atoms with E-state index >= 15 is 0 Å². The van der Waals surface area contributed by atoms with Crippen molar-refractivity contribution in [2.24, 2.45) is 17.8 Å². The number of hydrogen-bond donors (Lipinski definition) is 1. The lowest BCUT2D eigenvalue weighted by Gasteiger charge is -2.35. The Balaban J connectivity index is 2.18. The molecule has 3 unspecified atom stereocenters. The fourth-order valence-electron chi connectivity index (χ4n) is 3.27. The summed E-state index contributed by atoms with van der Waals surface area (Å²) in [5, 5.41) is 21.7. The summed E-state index contributed by atoms with van der Waals surface area (Å²) >= 11 is 5.84. The molecule has 0 bridgehead atoms. The summed E-state index contributed by atoms with van der Waals surface area (Å²) < 4.78 is 0. The van der Waals surface area contributed by atoms with Crippen LogP contribution in [0.15, 0.2) is 18.2 Å². The van der Waals surface area contributed by atoms with Crippen molar-refractivity contribution in [3.63, 3.8) is 0 Å². The summed E-state index contributed by atoms with van der Waals surface area (Å²) in [6.45, 7) is 4.40. The number of benzene rings is 1. The molecule has 1 fully saturated rings. The van der Waals surface area contributed by atoms with Crippen LogP contribution in [-0.4, -0.2) is 16.1 Å². The van der Waals surface area contributed by atoms with E-state index in [0.29, 0.717) is 28.8 Å². The molecule has 1 aromatic carbocycles. The number of nitro groups is 1. The highest BCUT2D eigenvalue weighted by Gasteiger charge is 2.32. The first-order valence-corrected chi connectivity index (χ1v) is 7.87. The van der Waals surface area contributed by atoms with E-state index in [2.05, 4.69) is 13.8 Å². The Morgan fingerprint density at radius 2 is 2.14 bits per heavy atom. The Bertz CT molecular complexity index is 518. The van der Waals surface area contributed by atoms with Gasteiger partial charge in [0, 0.05) is 16.7 Å². The van der Waals surface area contributed by atoms with Gasteiger partial charge in [0.15, 0.2) is 0 Å². The topological polar surface area (TPSA) is 63.4 Å². The predicted molar refractivity (Wildman–Crippen MR) is 83.5 cm³/mol. The molecule has 21 heavy (non-hydrogen) atoms. The second-order valence-corrected chi connectivity index (χ2v) is 6.82. The number of rotatable bonds is 4. The average molecular weight is 312 g/mol. The molecule has 5 heteroatoms. The van der Waals surface area contributed by atoms with Gasteiger partial charge in [0.2, 0.25) is 0 Å². The van der Waals surface area contributed by atoms with Gasteiger partial charge in [-0.15, -0.1) is 0 Å². The molecule has 2 rings (SSSR count). The maximum Gasteiger partial charge on any atom is 0.274 e. The summed E-state index contributed by atoms with van der Waals surface area (Å²) in [7, 11) is 0. The molecular formula is C16H22ClNO3. The van der Waals surface area contributed by atoms with Crippen molar-refractivity contribution in [1.82, 2.24) is 0 Å². The number of hydrogen-bond acceptors (Lipinski definition) is 3. The van der Waals surface area contributed by atoms with Crippen LogP contribution >= 0.6 is 11.6 Å². The van der Waals surface area contributed by atoms with Crippen LogP contribution in [0.1, 0.15) is 38.7 Å². The van der Waals surface area contributed by atoms with Gasteiger partial charge in [0.25, 0.3) is 5.69 Å². The van der Waals surface area contributed by atoms with Crippen molar-refractivity contribution < 1.29 is 10.0 Å². The van der Waals surface area contributed by atoms with Crippen LogP contribution < -0.4 is 0 Å². The van der Waals surface area contributed by atoms with E-state index < -0.39 is 4.92 Å². The molecule has 0 amide bonds. The molecule has 0 saturated heterocycles. The average Bonchev–Trinajstić information content (AvgIpc) is 2.42. The fourth-order valence-corrected chi connectivity index (χ4v) is 3.44. The molecule has 1 aromatic rings. The van der Waals surface area contributed by atoms with Crippen LogP contribution in [0.4, 0.5) is 5.69 Å². The fraction of sp³-hybridized carbons (Fsp3) is 0.625. The second kappa shape index (κ2) is 6.75. The lowest BCUT2D eigenvalue weighted by atomic mass is 9.73. The summed E-state index contributed by atoms with van der Waals surface area (Å²) in [6, 6.07) is 4.79. The standard InChI is InChI=1S/C16H22ClNO3/c1-10(2)11-4-6-16(19)13(7-11)8-12-3-5-14(17)9-15(12)18(20)21/h3,5,9-11,13,16,19H,4,6-8H2,1-2H3. The zero-order chi connectivity index (χ0) is 15.6. The lowest BCUT2D eigenvalue weighted by Crippen LogP contribution is -2.32. The van der Waals surface area contributed by atoms with Crippen LogP contribution in [0, 0.1) is 27.9 Å². The van der Waals surface area contributed by atoms with Crippen molar-refractivity contribution in [2.45, 2.75) is 45.6 Å². The first-order valence-electron chi connectivity index (χ1n) is 7.49. The highest BCUT2D eigenvalue weighted by molar-refractivity contribution is 6.30. The molecule has 116 valence electrons. The van der Waals surface area contributed by atoms with Crippen LogP contribution in [0.25, 0.3) is 0 Å². The van der Waals surface area contributed by atoms with Gasteiger partial charge < -0.3 is 5.11 Å². The molecule has 4 nitrogen and oxygen atoms in total. The zero-order valence-corrected chi connectivity index (χ0v) is 13.2. The number of halogens is 1. The van der Waals surface area contributed by atoms with Crippen molar-refractivity contribution in [2.75, 3.05) is 0 Å². The second-order valence-electron chi connectivity index (χ2n) is 6.38. The number of nitrogens with zero attached hydrogens (tertiary/aromatic N) is 1. The summed E-state index contributed by atoms with van der Waals surface area (Å²) in [5.41, 5.74) is 0.722. The van der Waals surface area contributed by atoms with Crippen molar-refractivity contribution >= 4 is 17.3 Å². The molecule has 0 spiro atoms. The van der Waals surface area contributed by atoms with Crippen molar-refractivity contribution in [3.8, 4) is 0 Å². The lowest BCUT2D eigenvalue weighted by molar-refractivity contribution is -0.385. The van der Waals surface area contributed by atoms with Crippen LogP contribution in [0.2, 0.25) is 5.02 Å². The molecular weight excluding hydrogens is 290 g/mol. The molecule has 0 aliphatic heterocycles. The SMILES string of the molecule is CC(C)C1CCC(O)C(Cc2ccc(Cl)cc2[N+](=O)[O-])C1. The van der Waals surface area contributed by atoms with Crippen LogP contribution in [0.3, 0.4) is 0 Å². The molecule has 3 atom stereocenters. The van der Waals surface area contributed by atoms with E-state index in [4.69, 9.17) is 11.6 Å². The van der Waals surface area contributed by atoms with Gasteiger partial charge in [-0.3, -0.25) is 10.1 Å². The van der Waals surface area contributed by atoms with E-state index in [1.807, 2.05) is 0 Å². The van der Waals surface area contributed by atoms with E-state index in [0.717, 1.165) is 19.3 Å². The number of nitro benzene ring substituents is 1. The highest BCUT2D eigenvalue weighted by atomic mass is 35.5. The maximum absolute atomic E-state index is 11.2. The van der Waals surface area contributed by atoms with Gasteiger partial charge in [-0.05, 0) is 49.5 Å². The minimum atomic E-state index is -0.393. The van der Waals surface area contributed by atoms with Gasteiger partial charge >= 0.3 is 0 Å². The Labute approximate surface area is 130 Å². The molecule has 0 radical (unpaired) electrons. The third kappa shape index (κ3) is 3.95. The Kier molecular flexibility index (Phi) is 5.22. The molecule has 1 N–H and O–H groups in total. The predicted octanol–water partition coefficient (Wildman–Crippen LogP) is 4.22. The maximum atomic E-state index is 11.2. The van der Waals surface area contributed by atoms with E-state index in [9.17, 15) is 15.2 Å².